The van der Waals surface area contributed by atoms with Gasteiger partial charge in [-0.25, -0.2) is 0 Å². The van der Waals surface area contributed by atoms with Crippen LogP contribution in [0.5, 0.6) is 0 Å². The molecule has 0 aromatic rings. The Morgan fingerprint density at radius 3 is 2.73 bits per heavy atom. The molecule has 1 rings (SSSR count). The predicted molar refractivity (Wildman–Crippen MR) is 52.5 cm³/mol. The van der Waals surface area contributed by atoms with E-state index in [2.05, 4.69) is 12.1 Å². The fraction of sp³-hybridized carbons (Fsp3) is 1.00. The Morgan fingerprint density at radius 2 is 2.27 bits per heavy atom. The molecule has 1 fully saturated rings. The van der Waals surface area contributed by atoms with Crippen molar-refractivity contribution in [1.82, 2.24) is 5.23 Å². The van der Waals surface area contributed by atoms with E-state index in [9.17, 15) is 0 Å². The van der Waals surface area contributed by atoms with Crippen LogP contribution in [0.2, 0.25) is 13.1 Å². The minimum Gasteiger partial charge on any atom is -0.359 e. The monoisotopic (exact) mass is 173 g/mol. The Kier molecular flexibility index (Phi) is 3.73. The second-order valence-corrected chi connectivity index (χ2v) is 4.19. The third-order valence-electron chi connectivity index (χ3n) is 2.72. The highest BCUT2D eigenvalue weighted by atomic mass is 35.5. The number of hydrogen-bond acceptors (Lipinski definition) is 1. The lowest BCUT2D eigenvalue weighted by Crippen LogP contribution is -2.29. The maximum absolute atomic E-state index is 6.15. The van der Waals surface area contributed by atoms with E-state index in [0.29, 0.717) is 12.2 Å². The molecule has 1 nitrogen and oxygen atoms in total. The van der Waals surface area contributed by atoms with Crippen LogP contribution in [-0.4, -0.2) is 19.3 Å². The Balaban J connectivity index is 2.24. The zero-order valence-corrected chi connectivity index (χ0v) is 8.19. The first-order valence-corrected chi connectivity index (χ1v) is 4.99. The highest BCUT2D eigenvalue weighted by Crippen LogP contribution is 2.33. The van der Waals surface area contributed by atoms with Crippen LogP contribution in [-0.2, 0) is 0 Å². The van der Waals surface area contributed by atoms with Gasteiger partial charge < -0.3 is 5.23 Å². The van der Waals surface area contributed by atoms with Crippen molar-refractivity contribution in [2.24, 2.45) is 5.92 Å². The molecular weight excluding hydrogens is 156 g/mol. The van der Waals surface area contributed by atoms with Crippen LogP contribution in [0.25, 0.3) is 0 Å². The van der Waals surface area contributed by atoms with Crippen LogP contribution in [0.3, 0.4) is 0 Å². The van der Waals surface area contributed by atoms with E-state index in [0.717, 1.165) is 5.92 Å². The van der Waals surface area contributed by atoms with Gasteiger partial charge in [-0.05, 0) is 25.8 Å². The number of rotatable bonds is 3. The molecule has 0 saturated heterocycles. The second-order valence-electron chi connectivity index (χ2n) is 3.63. The zero-order valence-electron chi connectivity index (χ0n) is 7.44. The quantitative estimate of drug-likeness (QED) is 0.510. The molecule has 64 valence electrons. The summed E-state index contributed by atoms with van der Waals surface area (Å²) in [5.74, 6) is 0.763. The summed E-state index contributed by atoms with van der Waals surface area (Å²) in [6.07, 6.45) is 5.13. The van der Waals surface area contributed by atoms with Gasteiger partial charge in [-0.15, -0.1) is 11.6 Å². The standard InChI is InChI=1S/C8H17BClN/c1-9(11-2)6-7-4-3-5-8(7)10/h7-8,11H,3-6H2,1-2H3/t7-,8?/m0/s1. The third-order valence-corrected chi connectivity index (χ3v) is 3.29. The fourth-order valence-electron chi connectivity index (χ4n) is 1.83. The van der Waals surface area contributed by atoms with Gasteiger partial charge in [0.2, 0.25) is 6.85 Å². The van der Waals surface area contributed by atoms with Gasteiger partial charge in [-0.3, -0.25) is 0 Å². The van der Waals surface area contributed by atoms with E-state index < -0.39 is 0 Å². The molecule has 1 aliphatic rings. The minimum atomic E-state index is 0.450. The lowest BCUT2D eigenvalue weighted by molar-refractivity contribution is 0.609. The molecule has 1 saturated carbocycles. The summed E-state index contributed by atoms with van der Waals surface area (Å²) in [7, 11) is 2.02. The molecule has 2 atom stereocenters. The molecule has 1 N–H and O–H groups in total. The van der Waals surface area contributed by atoms with Gasteiger partial charge in [0.15, 0.2) is 0 Å². The number of alkyl halides is 1. The molecule has 0 spiro atoms. The third kappa shape index (κ3) is 2.68. The first-order chi connectivity index (χ1) is 5.24. The molecule has 1 unspecified atom stereocenters. The highest BCUT2D eigenvalue weighted by Gasteiger charge is 2.26. The molecular formula is C8H17BClN. The summed E-state index contributed by atoms with van der Waals surface area (Å²) in [4.78, 5) is 0. The summed E-state index contributed by atoms with van der Waals surface area (Å²) >= 11 is 6.15. The van der Waals surface area contributed by atoms with E-state index in [1.165, 1.54) is 25.6 Å². The topological polar surface area (TPSA) is 12.0 Å². The fourth-order valence-corrected chi connectivity index (χ4v) is 2.21. The molecule has 0 aromatic heterocycles. The van der Waals surface area contributed by atoms with Gasteiger partial charge in [0.1, 0.15) is 0 Å². The summed E-state index contributed by atoms with van der Waals surface area (Å²) < 4.78 is 0. The molecule has 0 heterocycles. The summed E-state index contributed by atoms with van der Waals surface area (Å²) in [5.41, 5.74) is 0. The van der Waals surface area contributed by atoms with E-state index in [1.54, 1.807) is 0 Å². The lowest BCUT2D eigenvalue weighted by atomic mass is 9.58. The van der Waals surface area contributed by atoms with Crippen molar-refractivity contribution in [3.05, 3.63) is 0 Å². The lowest BCUT2D eigenvalue weighted by Gasteiger charge is -2.15. The van der Waals surface area contributed by atoms with Gasteiger partial charge in [-0.1, -0.05) is 19.6 Å². The van der Waals surface area contributed by atoms with Gasteiger partial charge in [0.25, 0.3) is 0 Å². The van der Waals surface area contributed by atoms with Crippen molar-refractivity contribution >= 4 is 18.4 Å². The first kappa shape index (κ1) is 9.40. The predicted octanol–water partition coefficient (Wildman–Crippen LogP) is 2.23. The Morgan fingerprint density at radius 1 is 1.55 bits per heavy atom. The largest absolute Gasteiger partial charge is 0.359 e. The molecule has 0 aliphatic heterocycles. The SMILES string of the molecule is CNB(C)C[C@@H]1CCCC1Cl. The van der Waals surface area contributed by atoms with Crippen LogP contribution >= 0.6 is 11.6 Å². The smallest absolute Gasteiger partial charge is 0.217 e. The van der Waals surface area contributed by atoms with Crippen molar-refractivity contribution in [2.45, 2.75) is 37.8 Å². The van der Waals surface area contributed by atoms with E-state index in [4.69, 9.17) is 11.6 Å². The van der Waals surface area contributed by atoms with Crippen LogP contribution in [0.15, 0.2) is 0 Å². The average Bonchev–Trinajstić information content (AvgIpc) is 2.37. The van der Waals surface area contributed by atoms with Crippen LogP contribution < -0.4 is 5.23 Å². The summed E-state index contributed by atoms with van der Waals surface area (Å²) in [6.45, 7) is 2.85. The molecule has 0 aromatic carbocycles. The van der Waals surface area contributed by atoms with Crippen LogP contribution in [0, 0.1) is 5.92 Å². The van der Waals surface area contributed by atoms with E-state index >= 15 is 0 Å². The molecule has 1 aliphatic carbocycles. The van der Waals surface area contributed by atoms with Gasteiger partial charge in [0.05, 0.1) is 0 Å². The van der Waals surface area contributed by atoms with Crippen molar-refractivity contribution in [2.75, 3.05) is 7.05 Å². The van der Waals surface area contributed by atoms with E-state index in [1.807, 2.05) is 7.05 Å². The number of nitrogens with one attached hydrogen (secondary N) is 1. The second kappa shape index (κ2) is 4.37. The first-order valence-electron chi connectivity index (χ1n) is 4.55. The Bertz CT molecular complexity index is 121. The van der Waals surface area contributed by atoms with Crippen molar-refractivity contribution in [1.29, 1.82) is 0 Å². The molecule has 0 radical (unpaired) electrons. The molecule has 3 heteroatoms. The van der Waals surface area contributed by atoms with Crippen LogP contribution in [0.1, 0.15) is 19.3 Å². The van der Waals surface area contributed by atoms with Gasteiger partial charge in [0, 0.05) is 5.38 Å². The van der Waals surface area contributed by atoms with Crippen molar-refractivity contribution in [3.63, 3.8) is 0 Å². The molecule has 0 bridgehead atoms. The normalized spacial score (nSPS) is 30.8. The average molecular weight is 173 g/mol. The zero-order chi connectivity index (χ0) is 8.27. The van der Waals surface area contributed by atoms with Gasteiger partial charge >= 0.3 is 0 Å². The van der Waals surface area contributed by atoms with Crippen molar-refractivity contribution in [3.8, 4) is 0 Å². The van der Waals surface area contributed by atoms with E-state index in [-0.39, 0.29) is 0 Å². The Labute approximate surface area is 75.0 Å². The highest BCUT2D eigenvalue weighted by molar-refractivity contribution is 6.54. The molecule has 0 amide bonds. The Hall–Kier alpha value is 0.315. The summed E-state index contributed by atoms with van der Waals surface area (Å²) in [5, 5.41) is 3.70. The van der Waals surface area contributed by atoms with Gasteiger partial charge in [-0.2, -0.15) is 0 Å². The maximum Gasteiger partial charge on any atom is 0.217 e. The summed E-state index contributed by atoms with van der Waals surface area (Å²) in [6, 6.07) is 0. The number of halogens is 1. The molecule has 11 heavy (non-hydrogen) atoms. The minimum absolute atomic E-state index is 0.450. The number of hydrogen-bond donors (Lipinski definition) is 1. The van der Waals surface area contributed by atoms with Crippen molar-refractivity contribution < 1.29 is 0 Å². The van der Waals surface area contributed by atoms with Crippen LogP contribution in [0.4, 0.5) is 0 Å². The maximum atomic E-state index is 6.15.